The summed E-state index contributed by atoms with van der Waals surface area (Å²) in [6.45, 7) is 1.56. The van der Waals surface area contributed by atoms with Crippen molar-refractivity contribution in [3.05, 3.63) is 79.8 Å². The molecule has 27 heavy (non-hydrogen) atoms. The number of carbonyl (C=O) groups excluding carboxylic acids is 1. The van der Waals surface area contributed by atoms with Crippen LogP contribution < -0.4 is 10.9 Å². The highest BCUT2D eigenvalue weighted by Crippen LogP contribution is 2.22. The standard InChI is InChI=1S/C18H15ClN4O4/c1-11(13-4-2-3-5-15(13)19)21-17(24)9-22-10-20-16-8-12(23(26)27)6-7-14(16)18(22)25/h2-8,10-11H,9H2,1H3,(H,21,24). The van der Waals surface area contributed by atoms with Crippen molar-refractivity contribution >= 4 is 34.1 Å². The van der Waals surface area contributed by atoms with E-state index in [4.69, 9.17) is 11.6 Å². The van der Waals surface area contributed by atoms with Crippen molar-refractivity contribution in [2.45, 2.75) is 19.5 Å². The van der Waals surface area contributed by atoms with Gasteiger partial charge in [-0.1, -0.05) is 29.8 Å². The molecular weight excluding hydrogens is 372 g/mol. The van der Waals surface area contributed by atoms with Crippen LogP contribution in [0.15, 0.2) is 53.6 Å². The maximum absolute atomic E-state index is 12.5. The Bertz CT molecular complexity index is 1100. The lowest BCUT2D eigenvalue weighted by molar-refractivity contribution is -0.384. The Morgan fingerprint density at radius 2 is 2.07 bits per heavy atom. The van der Waals surface area contributed by atoms with Crippen LogP contribution in [0, 0.1) is 10.1 Å². The molecule has 3 rings (SSSR count). The summed E-state index contributed by atoms with van der Waals surface area (Å²) in [5, 5.41) is 14.3. The van der Waals surface area contributed by atoms with E-state index in [1.807, 2.05) is 12.1 Å². The second-order valence-electron chi connectivity index (χ2n) is 5.95. The third-order valence-electron chi connectivity index (χ3n) is 4.08. The highest BCUT2D eigenvalue weighted by Gasteiger charge is 2.15. The van der Waals surface area contributed by atoms with Crippen LogP contribution in [-0.4, -0.2) is 20.4 Å². The summed E-state index contributed by atoms with van der Waals surface area (Å²) in [6, 6.07) is 10.6. The molecule has 9 heteroatoms. The molecule has 1 unspecified atom stereocenters. The van der Waals surface area contributed by atoms with E-state index >= 15 is 0 Å². The van der Waals surface area contributed by atoms with Crippen molar-refractivity contribution in [2.75, 3.05) is 0 Å². The number of hydrogen-bond acceptors (Lipinski definition) is 5. The number of fused-ring (bicyclic) bond motifs is 1. The fraction of sp³-hybridized carbons (Fsp3) is 0.167. The molecule has 0 aliphatic carbocycles. The topological polar surface area (TPSA) is 107 Å². The lowest BCUT2D eigenvalue weighted by atomic mass is 10.1. The van der Waals surface area contributed by atoms with Crippen LogP contribution in [0.4, 0.5) is 5.69 Å². The molecule has 0 radical (unpaired) electrons. The summed E-state index contributed by atoms with van der Waals surface area (Å²) in [6.07, 6.45) is 1.20. The van der Waals surface area contributed by atoms with Gasteiger partial charge in [0.05, 0.1) is 28.2 Å². The number of hydrogen-bond donors (Lipinski definition) is 1. The van der Waals surface area contributed by atoms with Gasteiger partial charge in [0.1, 0.15) is 6.54 Å². The summed E-state index contributed by atoms with van der Waals surface area (Å²) < 4.78 is 1.16. The summed E-state index contributed by atoms with van der Waals surface area (Å²) in [5.74, 6) is -0.382. The number of nitrogens with one attached hydrogen (secondary N) is 1. The fourth-order valence-corrected chi connectivity index (χ4v) is 3.02. The molecule has 0 fully saturated rings. The highest BCUT2D eigenvalue weighted by atomic mass is 35.5. The minimum atomic E-state index is -0.559. The number of nitro benzene ring substituents is 1. The first-order valence-electron chi connectivity index (χ1n) is 8.04. The van der Waals surface area contributed by atoms with Crippen LogP contribution in [0.25, 0.3) is 10.9 Å². The van der Waals surface area contributed by atoms with Gasteiger partial charge in [0.25, 0.3) is 11.2 Å². The number of carbonyl (C=O) groups is 1. The zero-order valence-corrected chi connectivity index (χ0v) is 15.0. The van der Waals surface area contributed by atoms with E-state index in [0.717, 1.165) is 10.1 Å². The first-order chi connectivity index (χ1) is 12.9. The molecule has 138 valence electrons. The fourth-order valence-electron chi connectivity index (χ4n) is 2.72. The van der Waals surface area contributed by atoms with E-state index in [1.165, 1.54) is 24.5 Å². The first kappa shape index (κ1) is 18.5. The Hall–Kier alpha value is -3.26. The zero-order chi connectivity index (χ0) is 19.6. The monoisotopic (exact) mass is 386 g/mol. The number of non-ortho nitro benzene ring substituents is 1. The third kappa shape index (κ3) is 3.95. The van der Waals surface area contributed by atoms with E-state index in [9.17, 15) is 19.7 Å². The van der Waals surface area contributed by atoms with Crippen molar-refractivity contribution in [3.8, 4) is 0 Å². The van der Waals surface area contributed by atoms with Gasteiger partial charge in [-0.15, -0.1) is 0 Å². The molecule has 0 bridgehead atoms. The van der Waals surface area contributed by atoms with Crippen molar-refractivity contribution in [1.82, 2.24) is 14.9 Å². The molecule has 1 atom stereocenters. The summed E-state index contributed by atoms with van der Waals surface area (Å²) >= 11 is 6.12. The molecular formula is C18H15ClN4O4. The SMILES string of the molecule is CC(NC(=O)Cn1cnc2cc([N+](=O)[O-])ccc2c1=O)c1ccccc1Cl. The Balaban J connectivity index is 1.80. The molecule has 1 aromatic heterocycles. The Morgan fingerprint density at radius 1 is 1.33 bits per heavy atom. The molecule has 2 aromatic carbocycles. The van der Waals surface area contributed by atoms with Gasteiger partial charge in [-0.05, 0) is 24.6 Å². The normalized spacial score (nSPS) is 11.9. The van der Waals surface area contributed by atoms with Crippen molar-refractivity contribution in [2.24, 2.45) is 0 Å². The molecule has 0 spiro atoms. The Labute approximate surface area is 158 Å². The molecule has 1 N–H and O–H groups in total. The zero-order valence-electron chi connectivity index (χ0n) is 14.3. The number of rotatable bonds is 5. The molecule has 1 amide bonds. The van der Waals surface area contributed by atoms with Gasteiger partial charge in [0.15, 0.2) is 0 Å². The molecule has 1 heterocycles. The number of nitro groups is 1. The smallest absolute Gasteiger partial charge is 0.271 e. The van der Waals surface area contributed by atoms with Gasteiger partial charge in [-0.25, -0.2) is 4.98 Å². The van der Waals surface area contributed by atoms with Gasteiger partial charge in [0.2, 0.25) is 5.91 Å². The summed E-state index contributed by atoms with van der Waals surface area (Å²) in [5.41, 5.74) is 0.369. The van der Waals surface area contributed by atoms with Crippen LogP contribution in [0.2, 0.25) is 5.02 Å². The van der Waals surface area contributed by atoms with Crippen LogP contribution >= 0.6 is 11.6 Å². The lowest BCUT2D eigenvalue weighted by Crippen LogP contribution is -2.34. The van der Waals surface area contributed by atoms with E-state index in [0.29, 0.717) is 5.02 Å². The van der Waals surface area contributed by atoms with E-state index < -0.39 is 10.5 Å². The van der Waals surface area contributed by atoms with Crippen LogP contribution in [0.1, 0.15) is 18.5 Å². The van der Waals surface area contributed by atoms with Gasteiger partial charge in [-0.2, -0.15) is 0 Å². The van der Waals surface area contributed by atoms with Crippen molar-refractivity contribution in [1.29, 1.82) is 0 Å². The number of halogens is 1. The maximum Gasteiger partial charge on any atom is 0.271 e. The highest BCUT2D eigenvalue weighted by molar-refractivity contribution is 6.31. The predicted molar refractivity (Wildman–Crippen MR) is 101 cm³/mol. The third-order valence-corrected chi connectivity index (χ3v) is 4.43. The van der Waals surface area contributed by atoms with Gasteiger partial charge >= 0.3 is 0 Å². The Kier molecular flexibility index (Phi) is 5.18. The van der Waals surface area contributed by atoms with Gasteiger partial charge < -0.3 is 5.32 Å². The molecule has 0 aliphatic rings. The number of benzene rings is 2. The van der Waals surface area contributed by atoms with Crippen LogP contribution in [-0.2, 0) is 11.3 Å². The summed E-state index contributed by atoms with van der Waals surface area (Å²) in [7, 11) is 0. The number of amides is 1. The van der Waals surface area contributed by atoms with Crippen LogP contribution in [0.5, 0.6) is 0 Å². The number of aromatic nitrogens is 2. The largest absolute Gasteiger partial charge is 0.348 e. The molecule has 8 nitrogen and oxygen atoms in total. The maximum atomic E-state index is 12.5. The first-order valence-corrected chi connectivity index (χ1v) is 8.42. The minimum absolute atomic E-state index is 0.154. The second kappa shape index (κ2) is 7.55. The predicted octanol–water partition coefficient (Wildman–Crippen LogP) is 2.84. The quantitative estimate of drug-likeness (QED) is 0.536. The molecule has 3 aromatic rings. The second-order valence-corrected chi connectivity index (χ2v) is 6.35. The molecule has 0 saturated heterocycles. The Morgan fingerprint density at radius 3 is 2.78 bits per heavy atom. The molecule has 0 aliphatic heterocycles. The number of nitrogens with zero attached hydrogens (tertiary/aromatic N) is 3. The average Bonchev–Trinajstić information content (AvgIpc) is 2.64. The average molecular weight is 387 g/mol. The lowest BCUT2D eigenvalue weighted by Gasteiger charge is -2.16. The van der Waals surface area contributed by atoms with E-state index in [2.05, 4.69) is 10.3 Å². The minimum Gasteiger partial charge on any atom is -0.348 e. The molecule has 0 saturated carbocycles. The van der Waals surface area contributed by atoms with Gasteiger partial charge in [0, 0.05) is 17.2 Å². The van der Waals surface area contributed by atoms with Gasteiger partial charge in [-0.3, -0.25) is 24.3 Å². The van der Waals surface area contributed by atoms with Crippen LogP contribution in [0.3, 0.4) is 0 Å². The van der Waals surface area contributed by atoms with Crippen molar-refractivity contribution < 1.29 is 9.72 Å². The van der Waals surface area contributed by atoms with E-state index in [1.54, 1.807) is 19.1 Å². The van der Waals surface area contributed by atoms with Crippen molar-refractivity contribution in [3.63, 3.8) is 0 Å². The van der Waals surface area contributed by atoms with E-state index in [-0.39, 0.29) is 35.1 Å². The summed E-state index contributed by atoms with van der Waals surface area (Å²) in [4.78, 5) is 39.1.